The zero-order valence-corrected chi connectivity index (χ0v) is 18.0. The minimum absolute atomic E-state index is 0.0145. The van der Waals surface area contributed by atoms with E-state index in [2.05, 4.69) is 25.6 Å². The van der Waals surface area contributed by atoms with Crippen LogP contribution in [-0.2, 0) is 11.0 Å². The maximum absolute atomic E-state index is 13.1. The highest BCUT2D eigenvalue weighted by atomic mass is 19.4. The minimum Gasteiger partial charge on any atom is -0.340 e. The highest BCUT2D eigenvalue weighted by Crippen LogP contribution is 2.31. The SMILES string of the molecule is Cc1nn(-c2cccc(C(F)(F)F)c2)c(C)c1C(=O)C(=O)Nc1nc(N2CCCCC2)n[nH]1. The molecular formula is C21H22F3N7O2. The first kappa shape index (κ1) is 22.5. The van der Waals surface area contributed by atoms with E-state index in [0.29, 0.717) is 5.95 Å². The summed E-state index contributed by atoms with van der Waals surface area (Å²) >= 11 is 0. The Hall–Kier alpha value is -3.70. The fraction of sp³-hybridized carbons (Fsp3) is 0.381. The van der Waals surface area contributed by atoms with Crippen molar-refractivity contribution in [1.82, 2.24) is 25.0 Å². The van der Waals surface area contributed by atoms with Crippen LogP contribution >= 0.6 is 0 Å². The summed E-state index contributed by atoms with van der Waals surface area (Å²) in [5, 5.41) is 13.3. The molecule has 0 atom stereocenters. The van der Waals surface area contributed by atoms with Gasteiger partial charge in [-0.3, -0.25) is 14.9 Å². The average molecular weight is 461 g/mol. The minimum atomic E-state index is -4.52. The molecule has 1 aromatic carbocycles. The van der Waals surface area contributed by atoms with Gasteiger partial charge in [0.15, 0.2) is 0 Å². The predicted octanol–water partition coefficient (Wildman–Crippen LogP) is 3.44. The van der Waals surface area contributed by atoms with Gasteiger partial charge >= 0.3 is 6.18 Å². The van der Waals surface area contributed by atoms with Gasteiger partial charge in [-0.1, -0.05) is 6.07 Å². The van der Waals surface area contributed by atoms with Crippen LogP contribution in [0.5, 0.6) is 0 Å². The van der Waals surface area contributed by atoms with E-state index in [1.54, 1.807) is 0 Å². The zero-order valence-electron chi connectivity index (χ0n) is 18.0. The third-order valence-electron chi connectivity index (χ3n) is 5.49. The van der Waals surface area contributed by atoms with Crippen LogP contribution in [-0.4, -0.2) is 49.7 Å². The van der Waals surface area contributed by atoms with Crippen LogP contribution < -0.4 is 10.2 Å². The number of aromatic nitrogens is 5. The van der Waals surface area contributed by atoms with Gasteiger partial charge in [-0.15, -0.1) is 5.10 Å². The Morgan fingerprint density at radius 2 is 1.85 bits per heavy atom. The summed E-state index contributed by atoms with van der Waals surface area (Å²) in [5.74, 6) is -1.35. The molecule has 12 heteroatoms. The van der Waals surface area contributed by atoms with E-state index in [0.717, 1.165) is 44.5 Å². The van der Waals surface area contributed by atoms with E-state index in [1.165, 1.54) is 30.7 Å². The second-order valence-electron chi connectivity index (χ2n) is 7.82. The van der Waals surface area contributed by atoms with E-state index < -0.39 is 23.4 Å². The maximum Gasteiger partial charge on any atom is 0.416 e. The number of anilines is 2. The molecule has 0 saturated carbocycles. The Balaban J connectivity index is 1.54. The van der Waals surface area contributed by atoms with Crippen molar-refractivity contribution in [1.29, 1.82) is 0 Å². The van der Waals surface area contributed by atoms with Crippen LogP contribution in [0.15, 0.2) is 24.3 Å². The highest BCUT2D eigenvalue weighted by Gasteiger charge is 2.31. The van der Waals surface area contributed by atoms with Gasteiger partial charge in [0, 0.05) is 13.1 Å². The Kier molecular flexibility index (Phi) is 5.91. The lowest BCUT2D eigenvalue weighted by Crippen LogP contribution is -2.30. The third kappa shape index (κ3) is 4.59. The number of carbonyl (C=O) groups is 2. The summed E-state index contributed by atoms with van der Waals surface area (Å²) in [6, 6.07) is 4.58. The molecule has 2 N–H and O–H groups in total. The fourth-order valence-electron chi connectivity index (χ4n) is 3.86. The van der Waals surface area contributed by atoms with E-state index in [9.17, 15) is 22.8 Å². The molecule has 0 spiro atoms. The summed E-state index contributed by atoms with van der Waals surface area (Å²) < 4.78 is 40.4. The smallest absolute Gasteiger partial charge is 0.340 e. The molecule has 33 heavy (non-hydrogen) atoms. The van der Waals surface area contributed by atoms with Crippen molar-refractivity contribution < 1.29 is 22.8 Å². The number of aromatic amines is 1. The molecule has 3 heterocycles. The molecule has 9 nitrogen and oxygen atoms in total. The van der Waals surface area contributed by atoms with Crippen molar-refractivity contribution in [2.24, 2.45) is 0 Å². The molecular weight excluding hydrogens is 439 g/mol. The standard InChI is InChI=1S/C21H22F3N7O2/c1-12-16(13(2)31(29-12)15-8-6-7-14(11-15)21(22,23)24)17(32)18(33)25-19-26-20(28-27-19)30-9-4-3-5-10-30/h6-8,11H,3-5,9-10H2,1-2H3,(H2,25,26,27,28,33). The molecule has 3 aromatic rings. The maximum atomic E-state index is 13.1. The number of halogens is 3. The summed E-state index contributed by atoms with van der Waals surface area (Å²) in [4.78, 5) is 31.7. The van der Waals surface area contributed by atoms with Gasteiger partial charge in [0.2, 0.25) is 11.9 Å². The first-order valence-electron chi connectivity index (χ1n) is 10.4. The molecule has 0 bridgehead atoms. The van der Waals surface area contributed by atoms with E-state index >= 15 is 0 Å². The largest absolute Gasteiger partial charge is 0.416 e. The summed E-state index contributed by atoms with van der Waals surface area (Å²) in [6.07, 6.45) is -1.31. The lowest BCUT2D eigenvalue weighted by atomic mass is 10.1. The number of hydrogen-bond acceptors (Lipinski definition) is 6. The predicted molar refractivity (Wildman–Crippen MR) is 113 cm³/mol. The van der Waals surface area contributed by atoms with Crippen molar-refractivity contribution in [2.75, 3.05) is 23.3 Å². The number of aryl methyl sites for hydroxylation is 1. The van der Waals surface area contributed by atoms with Crippen molar-refractivity contribution in [3.63, 3.8) is 0 Å². The zero-order chi connectivity index (χ0) is 23.8. The van der Waals surface area contributed by atoms with Crippen molar-refractivity contribution in [3.8, 4) is 5.69 Å². The van der Waals surface area contributed by atoms with Gasteiger partial charge in [-0.25, -0.2) is 9.78 Å². The molecule has 4 rings (SSSR count). The van der Waals surface area contributed by atoms with Gasteiger partial charge < -0.3 is 4.90 Å². The highest BCUT2D eigenvalue weighted by molar-refractivity contribution is 6.46. The second kappa shape index (κ2) is 8.68. The number of amides is 1. The number of benzene rings is 1. The first-order chi connectivity index (χ1) is 15.6. The number of hydrogen-bond donors (Lipinski definition) is 2. The number of piperidine rings is 1. The molecule has 0 aliphatic carbocycles. The molecule has 1 aliphatic rings. The average Bonchev–Trinajstić information content (AvgIpc) is 3.37. The second-order valence-corrected chi connectivity index (χ2v) is 7.82. The molecule has 1 aliphatic heterocycles. The fourth-order valence-corrected chi connectivity index (χ4v) is 3.86. The van der Waals surface area contributed by atoms with Crippen LogP contribution in [0.2, 0.25) is 0 Å². The van der Waals surface area contributed by atoms with E-state index in [1.807, 2.05) is 4.90 Å². The Bertz CT molecular complexity index is 1190. The van der Waals surface area contributed by atoms with Crippen LogP contribution in [0.1, 0.15) is 46.6 Å². The van der Waals surface area contributed by atoms with Gasteiger partial charge in [0.05, 0.1) is 28.2 Å². The number of rotatable bonds is 5. The number of Topliss-reactive ketones (excluding diaryl/α,β-unsaturated/α-hetero) is 1. The third-order valence-corrected chi connectivity index (χ3v) is 5.49. The topological polar surface area (TPSA) is 109 Å². The molecule has 1 amide bonds. The van der Waals surface area contributed by atoms with Crippen molar-refractivity contribution in [3.05, 3.63) is 46.8 Å². The van der Waals surface area contributed by atoms with Crippen LogP contribution in [0, 0.1) is 13.8 Å². The van der Waals surface area contributed by atoms with Crippen LogP contribution in [0.3, 0.4) is 0 Å². The summed E-state index contributed by atoms with van der Waals surface area (Å²) in [6.45, 7) is 4.67. The van der Waals surface area contributed by atoms with Crippen LogP contribution in [0.4, 0.5) is 25.1 Å². The summed E-state index contributed by atoms with van der Waals surface area (Å²) in [5.41, 5.74) is -0.227. The monoisotopic (exact) mass is 461 g/mol. The Morgan fingerprint density at radius 1 is 1.12 bits per heavy atom. The molecule has 0 radical (unpaired) electrons. The van der Waals surface area contributed by atoms with Crippen molar-refractivity contribution in [2.45, 2.75) is 39.3 Å². The number of ketones is 1. The molecule has 174 valence electrons. The number of carbonyl (C=O) groups excluding carboxylic acids is 2. The molecule has 2 aromatic heterocycles. The summed E-state index contributed by atoms with van der Waals surface area (Å²) in [7, 11) is 0. The molecule has 1 saturated heterocycles. The van der Waals surface area contributed by atoms with Gasteiger partial charge in [0.1, 0.15) is 0 Å². The lowest BCUT2D eigenvalue weighted by molar-refractivity contribution is -0.137. The van der Waals surface area contributed by atoms with E-state index in [-0.39, 0.29) is 28.6 Å². The number of H-pyrrole nitrogens is 1. The van der Waals surface area contributed by atoms with Crippen LogP contribution in [0.25, 0.3) is 5.69 Å². The van der Waals surface area contributed by atoms with Crippen molar-refractivity contribution >= 4 is 23.6 Å². The Morgan fingerprint density at radius 3 is 2.55 bits per heavy atom. The van der Waals surface area contributed by atoms with E-state index in [4.69, 9.17) is 0 Å². The molecule has 0 unspecified atom stereocenters. The molecule has 1 fully saturated rings. The Labute approximate surface area is 187 Å². The van der Waals surface area contributed by atoms with Gasteiger partial charge in [0.25, 0.3) is 11.7 Å². The first-order valence-corrected chi connectivity index (χ1v) is 10.4. The number of nitrogens with one attached hydrogen (secondary N) is 2. The lowest BCUT2D eigenvalue weighted by Gasteiger charge is -2.24. The quantitative estimate of drug-likeness (QED) is 0.445. The van der Waals surface area contributed by atoms with Gasteiger partial charge in [-0.05, 0) is 51.3 Å². The normalized spacial score (nSPS) is 14.4. The number of alkyl halides is 3. The van der Waals surface area contributed by atoms with Gasteiger partial charge in [-0.2, -0.15) is 23.3 Å². The number of nitrogens with zero attached hydrogens (tertiary/aromatic N) is 5.